The van der Waals surface area contributed by atoms with E-state index >= 15 is 0 Å². The summed E-state index contributed by atoms with van der Waals surface area (Å²) < 4.78 is 20.9. The van der Waals surface area contributed by atoms with Gasteiger partial charge in [0.05, 0.1) is 13.7 Å². The lowest BCUT2D eigenvalue weighted by atomic mass is 10.0. The Hall–Kier alpha value is -2.22. The summed E-state index contributed by atoms with van der Waals surface area (Å²) in [5, 5.41) is 0. The maximum Gasteiger partial charge on any atom is 0.469 e. The molecule has 1 saturated carbocycles. The molecule has 0 aliphatic heterocycles. The van der Waals surface area contributed by atoms with Crippen LogP contribution in [0, 0.1) is 5.92 Å². The maximum absolute atomic E-state index is 13.1. The number of methoxy groups -OCH3 is 1. The molecule has 0 heterocycles. The number of amides is 1. The third kappa shape index (κ3) is 11.3. The Morgan fingerprint density at radius 1 is 1.00 bits per heavy atom. The van der Waals surface area contributed by atoms with Gasteiger partial charge in [-0.2, -0.15) is 0 Å². The number of carbonyl (C=O) groups excluding carboxylic acids is 1. The van der Waals surface area contributed by atoms with E-state index in [9.17, 15) is 9.36 Å². The summed E-state index contributed by atoms with van der Waals surface area (Å²) in [7, 11) is -2.98. The number of hydrogen-bond acceptors (Lipinski definition) is 5. The molecule has 2 atom stereocenters. The summed E-state index contributed by atoms with van der Waals surface area (Å²) in [6.07, 6.45) is 9.93. The average Bonchev–Trinajstić information content (AvgIpc) is 3.66. The van der Waals surface area contributed by atoms with Gasteiger partial charge in [-0.1, -0.05) is 69.0 Å². The van der Waals surface area contributed by atoms with Gasteiger partial charge in [0.15, 0.2) is 0 Å². The van der Waals surface area contributed by atoms with Crippen LogP contribution in [0.5, 0.6) is 5.75 Å². The molecule has 212 valence electrons. The Kier molecular flexibility index (Phi) is 13.5. The molecule has 9 heteroatoms. The van der Waals surface area contributed by atoms with Crippen molar-refractivity contribution in [3.05, 3.63) is 65.2 Å². The fourth-order valence-electron chi connectivity index (χ4n) is 4.82. The number of phosphoric acid groups is 1. The zero-order valence-corrected chi connectivity index (χ0v) is 23.8. The van der Waals surface area contributed by atoms with Gasteiger partial charge in [0.2, 0.25) is 5.91 Å². The highest BCUT2D eigenvalue weighted by Gasteiger charge is 2.38. The molecule has 0 bridgehead atoms. The first-order chi connectivity index (χ1) is 17.8. The van der Waals surface area contributed by atoms with E-state index in [2.05, 4.69) is 35.7 Å². The fourth-order valence-corrected chi connectivity index (χ4v) is 5.14. The van der Waals surface area contributed by atoms with Crippen molar-refractivity contribution in [3.8, 4) is 5.75 Å². The van der Waals surface area contributed by atoms with Gasteiger partial charge in [0, 0.05) is 19.5 Å². The lowest BCUT2D eigenvalue weighted by molar-refractivity contribution is -0.132. The molecule has 8 nitrogen and oxygen atoms in total. The van der Waals surface area contributed by atoms with Crippen LogP contribution in [0.15, 0.2) is 48.5 Å². The van der Waals surface area contributed by atoms with E-state index in [0.29, 0.717) is 24.8 Å². The standard InChI is InChI=1S/C29H42NO6P.H3N/c1-3-4-5-6-7-8-23-9-13-25(14-10-23)28-21-26(28)15-18-29(31)30(19-20-36-37(32,33)34)22-24-11-16-27(35-2)17-12-24;/h9-14,16-17,26,28H,3-8,15,18-22H2,1-2H3,(H2,32,33,34);1H3/t26-,28+;/m1./s1. The topological polar surface area (TPSA) is 131 Å². The minimum absolute atomic E-state index is 0. The van der Waals surface area contributed by atoms with E-state index < -0.39 is 7.82 Å². The van der Waals surface area contributed by atoms with Crippen LogP contribution in [0.25, 0.3) is 0 Å². The van der Waals surface area contributed by atoms with Gasteiger partial charge < -0.3 is 25.6 Å². The number of unbranched alkanes of at least 4 members (excludes halogenated alkanes) is 4. The molecule has 1 fully saturated rings. The van der Waals surface area contributed by atoms with Gasteiger partial charge in [-0.25, -0.2) is 4.57 Å². The third-order valence-corrected chi connectivity index (χ3v) is 7.65. The summed E-state index contributed by atoms with van der Waals surface area (Å²) in [6, 6.07) is 16.4. The fraction of sp³-hybridized carbons (Fsp3) is 0.552. The number of hydrogen-bond donors (Lipinski definition) is 3. The predicted molar refractivity (Wildman–Crippen MR) is 150 cm³/mol. The van der Waals surface area contributed by atoms with Crippen molar-refractivity contribution in [2.24, 2.45) is 5.92 Å². The highest BCUT2D eigenvalue weighted by Crippen LogP contribution is 2.50. The summed E-state index contributed by atoms with van der Waals surface area (Å²) in [4.78, 5) is 32.7. The Balaban J connectivity index is 0.00000507. The second kappa shape index (κ2) is 16.0. The second-order valence-corrected chi connectivity index (χ2v) is 11.3. The van der Waals surface area contributed by atoms with Gasteiger partial charge in [-0.15, -0.1) is 0 Å². The van der Waals surface area contributed by atoms with E-state index in [1.165, 1.54) is 43.2 Å². The lowest BCUT2D eigenvalue weighted by Crippen LogP contribution is -2.33. The van der Waals surface area contributed by atoms with Gasteiger partial charge >= 0.3 is 7.82 Å². The van der Waals surface area contributed by atoms with Crippen molar-refractivity contribution in [1.82, 2.24) is 11.1 Å². The molecule has 3 rings (SSSR count). The molecular weight excluding hydrogens is 503 g/mol. The number of benzene rings is 2. The van der Waals surface area contributed by atoms with Crippen molar-refractivity contribution in [1.29, 1.82) is 0 Å². The third-order valence-electron chi connectivity index (χ3n) is 7.13. The van der Waals surface area contributed by atoms with Crippen molar-refractivity contribution in [2.45, 2.75) is 77.2 Å². The maximum atomic E-state index is 13.1. The first kappa shape index (κ1) is 32.0. The van der Waals surface area contributed by atoms with Crippen LogP contribution in [0.1, 0.15) is 80.9 Å². The SMILES string of the molecule is CCCCCCCc1ccc([C@@H]2C[C@H]2CCC(=O)N(CCOP(=O)(O)O)Cc2ccc(OC)cc2)cc1.N. The summed E-state index contributed by atoms with van der Waals surface area (Å²) in [6.45, 7) is 2.48. The molecule has 0 radical (unpaired) electrons. The smallest absolute Gasteiger partial charge is 0.469 e. The normalized spacial score (nSPS) is 16.5. The van der Waals surface area contributed by atoms with Crippen LogP contribution in [-0.4, -0.2) is 40.9 Å². The largest absolute Gasteiger partial charge is 0.497 e. The number of nitrogens with zero attached hydrogens (tertiary/aromatic N) is 1. The zero-order valence-electron chi connectivity index (χ0n) is 22.9. The van der Waals surface area contributed by atoms with E-state index in [-0.39, 0.29) is 25.2 Å². The molecule has 2 aromatic carbocycles. The molecule has 2 aromatic rings. The number of carbonyl (C=O) groups is 1. The van der Waals surface area contributed by atoms with Crippen LogP contribution < -0.4 is 10.9 Å². The highest BCUT2D eigenvalue weighted by molar-refractivity contribution is 7.46. The van der Waals surface area contributed by atoms with Crippen molar-refractivity contribution >= 4 is 13.7 Å². The number of phosphoric ester groups is 1. The van der Waals surface area contributed by atoms with Crippen molar-refractivity contribution in [2.75, 3.05) is 20.3 Å². The second-order valence-electron chi connectivity index (χ2n) is 10.0. The Bertz CT molecular complexity index is 1010. The van der Waals surface area contributed by atoms with Crippen LogP contribution >= 0.6 is 7.82 Å². The monoisotopic (exact) mass is 548 g/mol. The molecule has 1 aliphatic rings. The van der Waals surface area contributed by atoms with Gasteiger partial charge in [0.1, 0.15) is 5.75 Å². The highest BCUT2D eigenvalue weighted by atomic mass is 31.2. The summed E-state index contributed by atoms with van der Waals surface area (Å²) >= 11 is 0. The molecule has 1 amide bonds. The van der Waals surface area contributed by atoms with E-state index in [4.69, 9.17) is 14.5 Å². The molecular formula is C29H45N2O6P. The molecule has 1 aliphatic carbocycles. The molecule has 0 unspecified atom stereocenters. The molecule has 0 aromatic heterocycles. The van der Waals surface area contributed by atoms with Crippen LogP contribution in [0.3, 0.4) is 0 Å². The van der Waals surface area contributed by atoms with Crippen molar-refractivity contribution < 1.29 is 28.4 Å². The van der Waals surface area contributed by atoms with Crippen molar-refractivity contribution in [3.63, 3.8) is 0 Å². The Labute approximate surface area is 227 Å². The Morgan fingerprint density at radius 2 is 1.66 bits per heavy atom. The summed E-state index contributed by atoms with van der Waals surface area (Å²) in [5.41, 5.74) is 3.68. The minimum Gasteiger partial charge on any atom is -0.497 e. The Morgan fingerprint density at radius 3 is 2.29 bits per heavy atom. The average molecular weight is 549 g/mol. The lowest BCUT2D eigenvalue weighted by Gasteiger charge is -2.23. The quantitative estimate of drug-likeness (QED) is 0.154. The number of aryl methyl sites for hydroxylation is 1. The van der Waals surface area contributed by atoms with Gasteiger partial charge in [0.25, 0.3) is 0 Å². The zero-order chi connectivity index (χ0) is 26.7. The van der Waals surface area contributed by atoms with Crippen LogP contribution in [0.2, 0.25) is 0 Å². The van der Waals surface area contributed by atoms with Crippen LogP contribution in [0.4, 0.5) is 0 Å². The van der Waals surface area contributed by atoms with Gasteiger partial charge in [-0.3, -0.25) is 9.32 Å². The van der Waals surface area contributed by atoms with E-state index in [1.54, 1.807) is 12.0 Å². The molecule has 0 spiro atoms. The number of rotatable bonds is 17. The number of ether oxygens (including phenoxy) is 1. The van der Waals surface area contributed by atoms with E-state index in [1.807, 2.05) is 24.3 Å². The van der Waals surface area contributed by atoms with Crippen LogP contribution in [-0.2, 0) is 26.8 Å². The molecule has 38 heavy (non-hydrogen) atoms. The predicted octanol–water partition coefficient (Wildman–Crippen LogP) is 6.39. The minimum atomic E-state index is -4.58. The first-order valence-corrected chi connectivity index (χ1v) is 15.0. The molecule has 0 saturated heterocycles. The first-order valence-electron chi connectivity index (χ1n) is 13.5. The van der Waals surface area contributed by atoms with E-state index in [0.717, 1.165) is 30.6 Å². The molecule has 5 N–H and O–H groups in total. The van der Waals surface area contributed by atoms with Gasteiger partial charge in [-0.05, 0) is 66.3 Å². The summed E-state index contributed by atoms with van der Waals surface area (Å²) in [5.74, 6) is 1.71.